The van der Waals surface area contributed by atoms with E-state index in [0.29, 0.717) is 67.9 Å². The number of nitrogens with one attached hydrogen (secondary N) is 4. The van der Waals surface area contributed by atoms with Gasteiger partial charge in [-0.2, -0.15) is 13.5 Å². The molecule has 2 aromatic carbocycles. The third-order valence-corrected chi connectivity index (χ3v) is 14.2. The van der Waals surface area contributed by atoms with E-state index in [1.807, 2.05) is 30.7 Å². The minimum Gasteiger partial charge on any atom is -0.494 e. The van der Waals surface area contributed by atoms with Gasteiger partial charge in [-0.05, 0) is 105 Å². The summed E-state index contributed by atoms with van der Waals surface area (Å²) in [7, 11) is -4.64. The van der Waals surface area contributed by atoms with Gasteiger partial charge in [-0.25, -0.2) is 14.5 Å². The molecule has 0 saturated carbocycles. The number of hydrogen-bond acceptors (Lipinski definition) is 15. The van der Waals surface area contributed by atoms with Crippen LogP contribution < -0.4 is 31.0 Å². The summed E-state index contributed by atoms with van der Waals surface area (Å²) in [6, 6.07) is 9.14. The number of fused-ring (bicyclic) bond motifs is 1. The number of carboxylic acid groups (broad SMARTS) is 1. The SMILES string of the molecule is Cc1cc(OCCCC2=C(C(=O)NS(=O)(=O)c3ccc(C(=O)O)o3)Cc3c2ccc(Cl)c3-c2c(C)nn(CC(=O)NCCOCCOCCNC(=O)c3cc(=O)n(C4CCC(=O)NC4=O)cn3)c2C)cc(C)c1Cl. The number of aromatic nitrogens is 4. The summed E-state index contributed by atoms with van der Waals surface area (Å²) in [6.07, 6.45) is 2.01. The number of halogens is 2. The van der Waals surface area contributed by atoms with Gasteiger partial charge in [0.2, 0.25) is 28.6 Å². The molecule has 1 unspecified atom stereocenters. The van der Waals surface area contributed by atoms with Crippen LogP contribution in [0.25, 0.3) is 16.7 Å². The number of aryl methyl sites for hydroxylation is 3. The minimum atomic E-state index is -4.64. The molecule has 1 aliphatic carbocycles. The fraction of sp³-hybridized carbons (Fsp3) is 0.367. The molecule has 0 radical (unpaired) electrons. The molecule has 5 aromatic rings. The van der Waals surface area contributed by atoms with Crippen molar-refractivity contribution in [3.63, 3.8) is 0 Å². The first-order valence-corrected chi connectivity index (χ1v) is 25.5. The first-order valence-electron chi connectivity index (χ1n) is 23.2. The number of ether oxygens (including phenoxy) is 3. The second-order valence-electron chi connectivity index (χ2n) is 17.3. The number of allylic oxidation sites excluding steroid dienone is 1. The lowest BCUT2D eigenvalue weighted by molar-refractivity contribution is -0.136. The summed E-state index contributed by atoms with van der Waals surface area (Å²) < 4.78 is 53.4. The van der Waals surface area contributed by atoms with Crippen LogP contribution in [0.2, 0.25) is 10.0 Å². The van der Waals surface area contributed by atoms with Crippen molar-refractivity contribution in [3.8, 4) is 16.9 Å². The minimum absolute atomic E-state index is 0.0315. The number of piperidine rings is 1. The normalized spacial score (nSPS) is 14.4. The molecule has 3 aromatic heterocycles. The average molecular weight is 1080 g/mol. The van der Waals surface area contributed by atoms with Crippen molar-refractivity contribution in [1.29, 1.82) is 0 Å². The van der Waals surface area contributed by atoms with E-state index in [-0.39, 0.29) is 89.1 Å². The van der Waals surface area contributed by atoms with Crippen molar-refractivity contribution in [3.05, 3.63) is 120 Å². The van der Waals surface area contributed by atoms with Gasteiger partial charge in [0, 0.05) is 64.4 Å². The van der Waals surface area contributed by atoms with Gasteiger partial charge in [-0.15, -0.1) is 0 Å². The highest BCUT2D eigenvalue weighted by Crippen LogP contribution is 2.46. The average Bonchev–Trinajstić information content (AvgIpc) is 4.07. The Kier molecular flexibility index (Phi) is 17.5. The Labute approximate surface area is 433 Å². The lowest BCUT2D eigenvalue weighted by atomic mass is 9.93. The molecule has 1 fully saturated rings. The summed E-state index contributed by atoms with van der Waals surface area (Å²) in [4.78, 5) is 91.2. The highest BCUT2D eigenvalue weighted by atomic mass is 35.5. The summed E-state index contributed by atoms with van der Waals surface area (Å²) in [5.74, 6) is -4.43. The van der Waals surface area contributed by atoms with Gasteiger partial charge in [0.25, 0.3) is 27.4 Å². The smallest absolute Gasteiger partial charge is 0.371 e. The molecule has 1 saturated heterocycles. The van der Waals surface area contributed by atoms with Crippen molar-refractivity contribution in [2.45, 2.75) is 77.5 Å². The number of aromatic carboxylic acids is 1. The fourth-order valence-electron chi connectivity index (χ4n) is 8.58. The number of hydrogen-bond donors (Lipinski definition) is 5. The van der Waals surface area contributed by atoms with Gasteiger partial charge in [-0.1, -0.05) is 29.3 Å². The second-order valence-corrected chi connectivity index (χ2v) is 19.7. The van der Waals surface area contributed by atoms with E-state index in [2.05, 4.69) is 26.0 Å². The number of carbonyl (C=O) groups excluding carboxylic acids is 5. The Morgan fingerprint density at radius 3 is 2.26 bits per heavy atom. The Morgan fingerprint density at radius 2 is 1.59 bits per heavy atom. The first kappa shape index (κ1) is 54.6. The zero-order chi connectivity index (χ0) is 53.4. The molecular formula is C49H52Cl2N8O14S. The van der Waals surface area contributed by atoms with Gasteiger partial charge in [0.1, 0.15) is 24.0 Å². The van der Waals surface area contributed by atoms with Crippen molar-refractivity contribution in [1.82, 2.24) is 40.0 Å². The van der Waals surface area contributed by atoms with E-state index < -0.39 is 62.1 Å². The summed E-state index contributed by atoms with van der Waals surface area (Å²) in [6.45, 7) is 8.34. The molecule has 2 aliphatic rings. The first-order chi connectivity index (χ1) is 35.2. The zero-order valence-electron chi connectivity index (χ0n) is 40.6. The molecule has 4 heterocycles. The van der Waals surface area contributed by atoms with Crippen molar-refractivity contribution < 1.29 is 60.9 Å². The van der Waals surface area contributed by atoms with Gasteiger partial charge in [0.05, 0.1) is 45.1 Å². The predicted molar refractivity (Wildman–Crippen MR) is 266 cm³/mol. The predicted octanol–water partition coefficient (Wildman–Crippen LogP) is 4.17. The lowest BCUT2D eigenvalue weighted by Crippen LogP contribution is -2.44. The third kappa shape index (κ3) is 12.8. The summed E-state index contributed by atoms with van der Waals surface area (Å²) >= 11 is 13.3. The Morgan fingerprint density at radius 1 is 0.892 bits per heavy atom. The highest BCUT2D eigenvalue weighted by molar-refractivity contribution is 7.90. The quantitative estimate of drug-likeness (QED) is 0.0453. The largest absolute Gasteiger partial charge is 0.494 e. The molecule has 0 bridgehead atoms. The number of furan rings is 1. The van der Waals surface area contributed by atoms with E-state index in [1.165, 1.54) is 4.68 Å². The Balaban J connectivity index is 0.919. The van der Waals surface area contributed by atoms with Gasteiger partial charge in [-0.3, -0.25) is 43.3 Å². The van der Waals surface area contributed by atoms with E-state index in [4.69, 9.17) is 41.8 Å². The summed E-state index contributed by atoms with van der Waals surface area (Å²) in [5.41, 5.74) is 5.25. The molecular weight excluding hydrogens is 1030 g/mol. The molecule has 7 rings (SSSR count). The molecule has 22 nitrogen and oxygen atoms in total. The van der Waals surface area contributed by atoms with E-state index in [0.717, 1.165) is 40.2 Å². The summed E-state index contributed by atoms with van der Waals surface area (Å²) in [5, 5.41) is 21.7. The van der Waals surface area contributed by atoms with Crippen LogP contribution >= 0.6 is 23.2 Å². The monoisotopic (exact) mass is 1080 g/mol. The number of sulfonamides is 1. The number of rotatable bonds is 23. The molecule has 1 aliphatic heterocycles. The van der Waals surface area contributed by atoms with E-state index >= 15 is 0 Å². The number of benzene rings is 2. The van der Waals surface area contributed by atoms with Crippen molar-refractivity contribution in [2.75, 3.05) is 46.1 Å². The maximum atomic E-state index is 14.0. The molecule has 25 heteroatoms. The molecule has 1 atom stereocenters. The van der Waals surface area contributed by atoms with E-state index in [1.54, 1.807) is 26.0 Å². The lowest BCUT2D eigenvalue weighted by Gasteiger charge is -2.22. The van der Waals surface area contributed by atoms with Crippen molar-refractivity contribution in [2.24, 2.45) is 0 Å². The van der Waals surface area contributed by atoms with Crippen LogP contribution in [0.4, 0.5) is 0 Å². The van der Waals surface area contributed by atoms with Crippen LogP contribution in [0.5, 0.6) is 5.75 Å². The van der Waals surface area contributed by atoms with Gasteiger partial charge < -0.3 is 34.4 Å². The zero-order valence-corrected chi connectivity index (χ0v) is 42.9. The van der Waals surface area contributed by atoms with Crippen LogP contribution in [0.1, 0.15) is 86.4 Å². The molecule has 74 heavy (non-hydrogen) atoms. The Bertz CT molecular complexity index is 3230. The maximum Gasteiger partial charge on any atom is 0.371 e. The Hall–Kier alpha value is -7.18. The maximum absolute atomic E-state index is 14.0. The molecule has 392 valence electrons. The van der Waals surface area contributed by atoms with Crippen LogP contribution in [0.15, 0.2) is 68.7 Å². The number of carboxylic acids is 1. The van der Waals surface area contributed by atoms with Gasteiger partial charge in [0.15, 0.2) is 0 Å². The molecule has 5 N–H and O–H groups in total. The molecule has 5 amide bonds. The standard InChI is InChI=1S/C49H52Cl2N8O14S/c1-26-20-30(21-27(2)45(26)51)72-15-5-6-31-32-7-8-35(50)44(33(32)22-34(31)46(63)57-74(68,69)42-12-10-38(73-42)49(66)67)43-28(3)56-59(29(43)4)24-40(61)52-13-16-70-18-19-71-17-14-53-47(64)36-23-41(62)58(25-54-36)37-9-11-39(60)55-48(37)65/h7-8,10,12,20-21,23,25,37H,5-6,9,11,13-19,22,24H2,1-4H3,(H,52,61)(H,53,64)(H,57,63)(H,66,67)(H,55,60,65). The van der Waals surface area contributed by atoms with Gasteiger partial charge >= 0.3 is 5.97 Å². The molecule has 0 spiro atoms. The number of nitrogens with zero attached hydrogens (tertiary/aromatic N) is 4. The number of imide groups is 1. The van der Waals surface area contributed by atoms with Crippen molar-refractivity contribution >= 4 is 74.3 Å². The third-order valence-electron chi connectivity index (χ3n) is 12.1. The fourth-order valence-corrected chi connectivity index (χ4v) is 9.87. The number of amides is 5. The number of carbonyl (C=O) groups is 6. The topological polar surface area (TPSA) is 298 Å². The van der Waals surface area contributed by atoms with Crippen LogP contribution in [0.3, 0.4) is 0 Å². The van der Waals surface area contributed by atoms with Crippen LogP contribution in [-0.2, 0) is 51.6 Å². The second kappa shape index (κ2) is 23.8. The van der Waals surface area contributed by atoms with E-state index in [9.17, 15) is 47.1 Å². The van der Waals surface area contributed by atoms with Crippen LogP contribution in [0, 0.1) is 27.7 Å². The highest BCUT2D eigenvalue weighted by Gasteiger charge is 2.34. The van der Waals surface area contributed by atoms with Crippen LogP contribution in [-0.4, -0.2) is 114 Å².